The fraction of sp³-hybridized carbons (Fsp3) is 0.0370. The van der Waals surface area contributed by atoms with Gasteiger partial charge in [-0.2, -0.15) is 0 Å². The third-order valence-electron chi connectivity index (χ3n) is 10.5. The fourth-order valence-corrected chi connectivity index (χ4v) is 7.80. The van der Waals surface area contributed by atoms with E-state index in [4.69, 9.17) is 0 Å². The average molecular weight is 719 g/mol. The summed E-state index contributed by atoms with van der Waals surface area (Å²) in [6, 6.07) is 78.2. The molecule has 0 fully saturated rings. The van der Waals surface area contributed by atoms with Gasteiger partial charge in [0.2, 0.25) is 0 Å². The SMILES string of the molecule is C1=C(c2ccccc2-c2cccc(N(c3ccccc3)c3ccc(-c4ccccc4)cc3)c2)CCC=C1N(c1ccccc1)c1ccc(-c2ccccc2)cc1. The lowest BCUT2D eigenvalue weighted by Crippen LogP contribution is -2.17. The molecule has 0 aliphatic heterocycles. The molecule has 0 radical (unpaired) electrons. The summed E-state index contributed by atoms with van der Waals surface area (Å²) in [5.41, 5.74) is 16.7. The molecule has 0 saturated heterocycles. The van der Waals surface area contributed by atoms with Crippen LogP contribution in [-0.2, 0) is 0 Å². The summed E-state index contributed by atoms with van der Waals surface area (Å²) < 4.78 is 0. The van der Waals surface area contributed by atoms with Crippen LogP contribution in [0.5, 0.6) is 0 Å². The molecule has 1 aliphatic carbocycles. The maximum Gasteiger partial charge on any atom is 0.0467 e. The minimum Gasteiger partial charge on any atom is -0.311 e. The molecule has 56 heavy (non-hydrogen) atoms. The molecular weight excluding hydrogens is 677 g/mol. The van der Waals surface area contributed by atoms with E-state index in [1.165, 1.54) is 50.2 Å². The molecule has 0 saturated carbocycles. The van der Waals surface area contributed by atoms with E-state index >= 15 is 0 Å². The van der Waals surface area contributed by atoms with Crippen molar-refractivity contribution in [1.29, 1.82) is 0 Å². The maximum atomic E-state index is 2.40. The topological polar surface area (TPSA) is 6.48 Å². The van der Waals surface area contributed by atoms with Crippen molar-refractivity contribution in [1.82, 2.24) is 0 Å². The molecule has 8 aromatic carbocycles. The molecule has 268 valence electrons. The minimum atomic E-state index is 0.960. The van der Waals surface area contributed by atoms with Crippen LogP contribution < -0.4 is 9.80 Å². The second-order valence-corrected chi connectivity index (χ2v) is 14.1. The van der Waals surface area contributed by atoms with E-state index in [1.807, 2.05) is 0 Å². The van der Waals surface area contributed by atoms with Crippen molar-refractivity contribution >= 4 is 34.0 Å². The Morgan fingerprint density at radius 1 is 0.304 bits per heavy atom. The molecule has 9 rings (SSSR count). The summed E-state index contributed by atoms with van der Waals surface area (Å²) in [5.74, 6) is 0. The van der Waals surface area contributed by atoms with Gasteiger partial charge in [-0.3, -0.25) is 0 Å². The van der Waals surface area contributed by atoms with Crippen LogP contribution in [0.3, 0.4) is 0 Å². The second kappa shape index (κ2) is 16.1. The number of para-hydroxylation sites is 2. The van der Waals surface area contributed by atoms with E-state index in [1.54, 1.807) is 0 Å². The van der Waals surface area contributed by atoms with Crippen molar-refractivity contribution in [2.45, 2.75) is 12.8 Å². The van der Waals surface area contributed by atoms with Gasteiger partial charge in [0, 0.05) is 34.1 Å². The zero-order valence-electron chi connectivity index (χ0n) is 31.2. The molecule has 1 aliphatic rings. The van der Waals surface area contributed by atoms with Crippen molar-refractivity contribution in [3.05, 3.63) is 242 Å². The van der Waals surface area contributed by atoms with Crippen molar-refractivity contribution in [3.63, 3.8) is 0 Å². The van der Waals surface area contributed by atoms with Crippen LogP contribution in [0, 0.1) is 0 Å². The Morgan fingerprint density at radius 3 is 1.29 bits per heavy atom. The van der Waals surface area contributed by atoms with Gasteiger partial charge in [-0.25, -0.2) is 0 Å². The molecule has 0 atom stereocenters. The van der Waals surface area contributed by atoms with Gasteiger partial charge in [0.15, 0.2) is 0 Å². The normalized spacial score (nSPS) is 12.4. The molecule has 0 N–H and O–H groups in total. The average Bonchev–Trinajstić information content (AvgIpc) is 3.29. The molecule has 2 nitrogen and oxygen atoms in total. The van der Waals surface area contributed by atoms with Gasteiger partial charge in [0.1, 0.15) is 0 Å². The van der Waals surface area contributed by atoms with E-state index in [-0.39, 0.29) is 0 Å². The lowest BCUT2D eigenvalue weighted by Gasteiger charge is -2.29. The van der Waals surface area contributed by atoms with Crippen molar-refractivity contribution in [3.8, 4) is 33.4 Å². The van der Waals surface area contributed by atoms with Crippen LogP contribution in [0.1, 0.15) is 18.4 Å². The smallest absolute Gasteiger partial charge is 0.0467 e. The van der Waals surface area contributed by atoms with Gasteiger partial charge in [-0.1, -0.05) is 164 Å². The molecule has 0 amide bonds. The Morgan fingerprint density at radius 2 is 0.714 bits per heavy atom. The Balaban J connectivity index is 1.07. The largest absolute Gasteiger partial charge is 0.311 e. The summed E-state index contributed by atoms with van der Waals surface area (Å²) >= 11 is 0. The summed E-state index contributed by atoms with van der Waals surface area (Å²) in [7, 11) is 0. The summed E-state index contributed by atoms with van der Waals surface area (Å²) in [6.07, 6.45) is 6.71. The van der Waals surface area contributed by atoms with Crippen LogP contribution in [0.4, 0.5) is 28.4 Å². The Kier molecular flexibility index (Phi) is 9.92. The predicted octanol–water partition coefficient (Wildman–Crippen LogP) is 15.1. The number of benzene rings is 8. The van der Waals surface area contributed by atoms with Crippen molar-refractivity contribution in [2.24, 2.45) is 0 Å². The van der Waals surface area contributed by atoms with Crippen molar-refractivity contribution < 1.29 is 0 Å². The summed E-state index contributed by atoms with van der Waals surface area (Å²) in [4.78, 5) is 4.74. The van der Waals surface area contributed by atoms with E-state index < -0.39 is 0 Å². The van der Waals surface area contributed by atoms with E-state index in [0.29, 0.717) is 0 Å². The quantitative estimate of drug-likeness (QED) is 0.139. The zero-order valence-corrected chi connectivity index (χ0v) is 31.2. The number of allylic oxidation sites excluding steroid dienone is 3. The first-order valence-corrected chi connectivity index (χ1v) is 19.4. The highest BCUT2D eigenvalue weighted by Gasteiger charge is 2.20. The van der Waals surface area contributed by atoms with Gasteiger partial charge in [-0.15, -0.1) is 0 Å². The Bertz CT molecular complexity index is 2590. The first-order chi connectivity index (χ1) is 27.8. The van der Waals surface area contributed by atoms with E-state index in [0.717, 1.165) is 41.3 Å². The first kappa shape index (κ1) is 34.6. The number of hydrogen-bond donors (Lipinski definition) is 0. The first-order valence-electron chi connectivity index (χ1n) is 19.4. The van der Waals surface area contributed by atoms with Gasteiger partial charge < -0.3 is 9.80 Å². The molecular formula is C54H42N2. The molecule has 2 heteroatoms. The van der Waals surface area contributed by atoms with E-state index in [2.05, 4.69) is 240 Å². The van der Waals surface area contributed by atoms with Gasteiger partial charge in [-0.05, 0) is 124 Å². The number of hydrogen-bond acceptors (Lipinski definition) is 2. The predicted molar refractivity (Wildman–Crippen MR) is 238 cm³/mol. The monoisotopic (exact) mass is 718 g/mol. The Labute approximate surface area is 330 Å². The Hall–Kier alpha value is -7.16. The van der Waals surface area contributed by atoms with Crippen LogP contribution >= 0.6 is 0 Å². The molecule has 8 aromatic rings. The molecule has 0 unspecified atom stereocenters. The fourth-order valence-electron chi connectivity index (χ4n) is 7.80. The van der Waals surface area contributed by atoms with E-state index in [9.17, 15) is 0 Å². The molecule has 0 aromatic heterocycles. The lowest BCUT2D eigenvalue weighted by molar-refractivity contribution is 1.01. The number of rotatable bonds is 10. The molecule has 0 heterocycles. The standard InChI is InChI=1S/C54H42N2/c1-5-17-41(18-6-1)43-31-35-49(36-32-43)55(47-23-9-3-10-24-47)51-27-15-21-45(39-51)53-29-13-14-30-54(53)46-22-16-28-52(40-46)56(48-25-11-4-12-26-48)50-37-33-44(34-38-50)42-19-7-2-8-20-42/h1-15,17-21,23-40H,16,22H2. The minimum absolute atomic E-state index is 0.960. The summed E-state index contributed by atoms with van der Waals surface area (Å²) in [5, 5.41) is 0. The zero-order chi connectivity index (χ0) is 37.5. The van der Waals surface area contributed by atoms with Crippen molar-refractivity contribution in [2.75, 3.05) is 9.80 Å². The molecule has 0 spiro atoms. The second-order valence-electron chi connectivity index (χ2n) is 14.1. The van der Waals surface area contributed by atoms with Crippen LogP contribution in [0.2, 0.25) is 0 Å². The third kappa shape index (κ3) is 7.33. The van der Waals surface area contributed by atoms with Gasteiger partial charge >= 0.3 is 0 Å². The number of anilines is 5. The van der Waals surface area contributed by atoms with Crippen LogP contribution in [-0.4, -0.2) is 0 Å². The lowest BCUT2D eigenvalue weighted by atomic mass is 9.89. The maximum absolute atomic E-state index is 2.40. The van der Waals surface area contributed by atoms with Crippen LogP contribution in [0.25, 0.3) is 39.0 Å². The number of nitrogens with zero attached hydrogens (tertiary/aromatic N) is 2. The van der Waals surface area contributed by atoms with Crippen LogP contribution in [0.15, 0.2) is 236 Å². The van der Waals surface area contributed by atoms with Gasteiger partial charge in [0.05, 0.1) is 0 Å². The highest BCUT2D eigenvalue weighted by atomic mass is 15.1. The highest BCUT2D eigenvalue weighted by molar-refractivity contribution is 5.87. The third-order valence-corrected chi connectivity index (χ3v) is 10.5. The summed E-state index contributed by atoms with van der Waals surface area (Å²) in [6.45, 7) is 0. The van der Waals surface area contributed by atoms with Gasteiger partial charge in [0.25, 0.3) is 0 Å². The molecule has 0 bridgehead atoms. The highest BCUT2D eigenvalue weighted by Crippen LogP contribution is 2.41.